The van der Waals surface area contributed by atoms with Gasteiger partial charge in [0.25, 0.3) is 0 Å². The van der Waals surface area contributed by atoms with Crippen molar-refractivity contribution >= 4 is 21.7 Å². The molecule has 5 unspecified atom stereocenters. The van der Waals surface area contributed by atoms with Crippen LogP contribution in [0.4, 0.5) is 35.1 Å². The Labute approximate surface area is 253 Å². The largest absolute Gasteiger partial charge is 0.481 e. The van der Waals surface area contributed by atoms with Crippen LogP contribution in [0.1, 0.15) is 55.7 Å². The molecule has 6 nitrogen and oxygen atoms in total. The van der Waals surface area contributed by atoms with Crippen LogP contribution in [-0.4, -0.2) is 55.2 Å². The van der Waals surface area contributed by atoms with Gasteiger partial charge in [-0.15, -0.1) is 0 Å². The van der Waals surface area contributed by atoms with Gasteiger partial charge in [0.1, 0.15) is 10.6 Å². The van der Waals surface area contributed by atoms with E-state index < -0.39 is 73.7 Å². The van der Waals surface area contributed by atoms with Gasteiger partial charge in [-0.1, -0.05) is 25.1 Å². The highest BCUT2D eigenvalue weighted by molar-refractivity contribution is 7.92. The Morgan fingerprint density at radius 2 is 1.56 bits per heavy atom. The second kappa shape index (κ2) is 10.9. The van der Waals surface area contributed by atoms with Crippen molar-refractivity contribution in [2.45, 2.75) is 79.2 Å². The Balaban J connectivity index is 1.63. The third kappa shape index (κ3) is 4.99. The number of sulfone groups is 1. The van der Waals surface area contributed by atoms with Gasteiger partial charge < -0.3 is 10.0 Å². The van der Waals surface area contributed by atoms with Crippen molar-refractivity contribution in [3.63, 3.8) is 0 Å². The molecule has 2 aromatic rings. The van der Waals surface area contributed by atoms with E-state index in [4.69, 9.17) is 0 Å². The van der Waals surface area contributed by atoms with E-state index in [0.717, 1.165) is 30.3 Å². The van der Waals surface area contributed by atoms with Crippen molar-refractivity contribution in [2.24, 2.45) is 17.8 Å². The first-order chi connectivity index (χ1) is 20.8. The lowest BCUT2D eigenvalue weighted by Gasteiger charge is -2.44. The number of carboxylic acid groups (broad SMARTS) is 1. The van der Waals surface area contributed by atoms with E-state index in [-0.39, 0.29) is 73.1 Å². The first kappa shape index (κ1) is 33.1. The molecule has 2 fully saturated rings. The molecule has 15 heteroatoms. The molecule has 0 bridgehead atoms. The molecule has 5 atom stereocenters. The second-order valence-electron chi connectivity index (χ2n) is 12.1. The number of carbonyl (C=O) groups is 2. The van der Waals surface area contributed by atoms with Crippen LogP contribution in [-0.2, 0) is 36.3 Å². The van der Waals surface area contributed by atoms with Gasteiger partial charge in [-0.2, -0.15) is 26.3 Å². The van der Waals surface area contributed by atoms with Crippen LogP contribution in [0.15, 0.2) is 47.4 Å². The molecule has 5 rings (SSSR count). The van der Waals surface area contributed by atoms with Gasteiger partial charge in [-0.25, -0.2) is 17.2 Å². The van der Waals surface area contributed by atoms with Crippen LogP contribution < -0.4 is 0 Å². The van der Waals surface area contributed by atoms with Gasteiger partial charge in [0, 0.05) is 18.0 Å². The van der Waals surface area contributed by atoms with Crippen LogP contribution in [0.2, 0.25) is 0 Å². The number of carbonyl (C=O) groups excluding carboxylic acids is 1. The molecule has 0 spiro atoms. The third-order valence-corrected chi connectivity index (χ3v) is 12.3. The molecular formula is C30H29F8NO5S. The Bertz CT molecular complexity index is 1590. The number of aryl methyl sites for hydroxylation is 1. The number of benzene rings is 2. The highest BCUT2D eigenvalue weighted by Gasteiger charge is 2.74. The number of rotatable bonds is 5. The van der Waals surface area contributed by atoms with Crippen LogP contribution in [0.25, 0.3) is 0 Å². The summed E-state index contributed by atoms with van der Waals surface area (Å²) in [6.07, 6.45) is -12.8. The number of hydrogen-bond acceptors (Lipinski definition) is 4. The summed E-state index contributed by atoms with van der Waals surface area (Å²) in [6, 6.07) is 4.07. The summed E-state index contributed by atoms with van der Waals surface area (Å²) in [7, 11) is -4.60. The van der Waals surface area contributed by atoms with Crippen LogP contribution >= 0.6 is 0 Å². The number of fused-ring (bicyclic) bond motifs is 3. The smallest absolute Gasteiger partial charge is 0.435 e. The molecule has 2 aliphatic carbocycles. The zero-order valence-corrected chi connectivity index (χ0v) is 24.6. The second-order valence-corrected chi connectivity index (χ2v) is 14.3. The van der Waals surface area contributed by atoms with Crippen molar-refractivity contribution in [1.82, 2.24) is 4.90 Å². The lowest BCUT2D eigenvalue weighted by Crippen LogP contribution is -2.54. The SMILES string of the molecule is CC1CC(C(=O)O)CCC1C(=O)N1CCC2(S(=O)(=O)c3ccc(F)cc3)c3ccc(C(F)(C(F)(F)F)C(F)(F)F)cc3CCC12. The van der Waals surface area contributed by atoms with Gasteiger partial charge in [0.2, 0.25) is 5.91 Å². The molecule has 1 heterocycles. The Morgan fingerprint density at radius 1 is 0.933 bits per heavy atom. The van der Waals surface area contributed by atoms with Crippen LogP contribution in [0, 0.1) is 23.6 Å². The number of halogens is 8. The fraction of sp³-hybridized carbons (Fsp3) is 0.533. The van der Waals surface area contributed by atoms with E-state index in [9.17, 15) is 53.8 Å². The van der Waals surface area contributed by atoms with E-state index in [1.165, 1.54) is 4.90 Å². The molecule has 1 aliphatic heterocycles. The van der Waals surface area contributed by atoms with E-state index in [2.05, 4.69) is 0 Å². The van der Waals surface area contributed by atoms with E-state index in [0.29, 0.717) is 6.07 Å². The molecule has 2 aromatic carbocycles. The summed E-state index contributed by atoms with van der Waals surface area (Å²) in [5.74, 6) is -3.83. The van der Waals surface area contributed by atoms with Gasteiger partial charge >= 0.3 is 24.0 Å². The quantitative estimate of drug-likeness (QED) is 0.292. The van der Waals surface area contributed by atoms with Crippen molar-refractivity contribution in [3.05, 3.63) is 65.0 Å². The molecule has 1 saturated carbocycles. The lowest BCUT2D eigenvalue weighted by molar-refractivity contribution is -0.348. The third-order valence-electron chi connectivity index (χ3n) is 9.79. The van der Waals surface area contributed by atoms with Crippen molar-refractivity contribution < 1.29 is 58.2 Å². The van der Waals surface area contributed by atoms with Gasteiger partial charge in [-0.3, -0.25) is 9.59 Å². The average molecular weight is 668 g/mol. The topological polar surface area (TPSA) is 91.8 Å². The summed E-state index contributed by atoms with van der Waals surface area (Å²) < 4.78 is 137. The van der Waals surface area contributed by atoms with Gasteiger partial charge in [-0.05, 0) is 79.8 Å². The van der Waals surface area contributed by atoms with Gasteiger partial charge in [0.15, 0.2) is 9.84 Å². The normalized spacial score (nSPS) is 27.5. The predicted molar refractivity (Wildman–Crippen MR) is 143 cm³/mol. The Kier molecular flexibility index (Phi) is 8.06. The molecule has 0 aromatic heterocycles. The highest BCUT2D eigenvalue weighted by Crippen LogP contribution is 2.57. The standard InChI is InChI=1S/C30H29F8NO5S/c1-16-14-18(26(41)42)2-9-22(16)25(40)39-13-12-27(45(43,44)21-7-5-20(31)6-8-21)23-10-4-19(15-17(23)3-11-24(27)39)28(32,29(33,34)35)30(36,37)38/h4-8,10,15-16,18,22,24H,2-3,9,11-14H2,1H3,(H,41,42). The molecule has 1 amide bonds. The van der Waals surface area contributed by atoms with Crippen LogP contribution in [0.5, 0.6) is 0 Å². The molecule has 1 N–H and O–H groups in total. The van der Waals surface area contributed by atoms with Gasteiger partial charge in [0.05, 0.1) is 16.9 Å². The molecule has 3 aliphatic rings. The number of carboxylic acids is 1. The Hall–Kier alpha value is -3.23. The number of hydrogen-bond donors (Lipinski definition) is 1. The maximum Gasteiger partial charge on any atom is 0.435 e. The van der Waals surface area contributed by atoms with Crippen molar-refractivity contribution in [3.8, 4) is 0 Å². The summed E-state index contributed by atoms with van der Waals surface area (Å²) in [4.78, 5) is 26.4. The number of alkyl halides is 7. The molecular weight excluding hydrogens is 638 g/mol. The summed E-state index contributed by atoms with van der Waals surface area (Å²) in [5.41, 5.74) is -7.87. The maximum atomic E-state index is 15.0. The fourth-order valence-electron chi connectivity index (χ4n) is 7.52. The summed E-state index contributed by atoms with van der Waals surface area (Å²) >= 11 is 0. The number of nitrogens with zero attached hydrogens (tertiary/aromatic N) is 1. The minimum atomic E-state index is -6.37. The molecule has 1 saturated heterocycles. The number of aliphatic carboxylic acids is 1. The Morgan fingerprint density at radius 3 is 2.11 bits per heavy atom. The monoisotopic (exact) mass is 667 g/mol. The highest BCUT2D eigenvalue weighted by atomic mass is 32.2. The summed E-state index contributed by atoms with van der Waals surface area (Å²) in [5, 5.41) is 9.41. The summed E-state index contributed by atoms with van der Waals surface area (Å²) in [6.45, 7) is 1.59. The van der Waals surface area contributed by atoms with Crippen molar-refractivity contribution in [1.29, 1.82) is 0 Å². The zero-order valence-electron chi connectivity index (χ0n) is 23.8. The first-order valence-electron chi connectivity index (χ1n) is 14.3. The average Bonchev–Trinajstić information content (AvgIpc) is 3.37. The predicted octanol–water partition coefficient (Wildman–Crippen LogP) is 6.47. The molecule has 0 radical (unpaired) electrons. The fourth-order valence-corrected chi connectivity index (χ4v) is 9.89. The maximum absolute atomic E-state index is 15.0. The van der Waals surface area contributed by atoms with E-state index in [1.807, 2.05) is 0 Å². The lowest BCUT2D eigenvalue weighted by atomic mass is 9.73. The number of likely N-dealkylation sites (tertiary alicyclic amines) is 1. The number of amides is 1. The van der Waals surface area contributed by atoms with Crippen LogP contribution in [0.3, 0.4) is 0 Å². The van der Waals surface area contributed by atoms with E-state index >= 15 is 4.39 Å². The minimum absolute atomic E-state index is 0.130. The minimum Gasteiger partial charge on any atom is -0.481 e. The molecule has 45 heavy (non-hydrogen) atoms. The first-order valence-corrected chi connectivity index (χ1v) is 15.8. The van der Waals surface area contributed by atoms with E-state index in [1.54, 1.807) is 6.92 Å². The molecule has 246 valence electrons. The zero-order chi connectivity index (χ0) is 33.3. The van der Waals surface area contributed by atoms with Crippen molar-refractivity contribution in [2.75, 3.05) is 6.54 Å².